The van der Waals surface area contributed by atoms with Crippen LogP contribution in [0.1, 0.15) is 37.5 Å². The summed E-state index contributed by atoms with van der Waals surface area (Å²) in [5, 5.41) is 6.94. The fraction of sp³-hybridized carbons (Fsp3) is 0.265. The molecule has 0 aliphatic carbocycles. The van der Waals surface area contributed by atoms with Gasteiger partial charge < -0.3 is 20.1 Å². The van der Waals surface area contributed by atoms with Crippen LogP contribution in [0.15, 0.2) is 107 Å². The summed E-state index contributed by atoms with van der Waals surface area (Å²) in [6.45, 7) is 7.72. The van der Waals surface area contributed by atoms with E-state index >= 15 is 0 Å². The molecule has 6 rings (SSSR count). The number of rotatable bonds is 8. The molecule has 0 unspecified atom stereocenters. The molecule has 2 N–H and O–H groups in total. The van der Waals surface area contributed by atoms with Crippen LogP contribution in [-0.2, 0) is 15.9 Å². The number of para-hydroxylation sites is 2. The molecule has 2 aliphatic heterocycles. The SMILES string of the molecule is CC(C)(C)[C@H]1COC(c2ccccc2Nc2cccc(Nc3ccccc3C3=N[C@@H](Cc4ccccc4)CO3)n2)=N1. The average Bonchev–Trinajstić information content (AvgIpc) is 3.65. The maximum atomic E-state index is 6.05. The molecule has 3 heterocycles. The minimum absolute atomic E-state index is 0.0415. The second-order valence-corrected chi connectivity index (χ2v) is 11.5. The molecule has 2 aliphatic rings. The molecule has 7 nitrogen and oxygen atoms in total. The molecule has 0 radical (unpaired) electrons. The van der Waals surface area contributed by atoms with Crippen molar-refractivity contribution in [1.29, 1.82) is 0 Å². The summed E-state index contributed by atoms with van der Waals surface area (Å²) in [4.78, 5) is 14.6. The van der Waals surface area contributed by atoms with Gasteiger partial charge in [0.2, 0.25) is 11.8 Å². The van der Waals surface area contributed by atoms with Crippen molar-refractivity contribution in [3.63, 3.8) is 0 Å². The third-order valence-corrected chi connectivity index (χ3v) is 7.27. The highest BCUT2D eigenvalue weighted by Crippen LogP contribution is 2.30. The van der Waals surface area contributed by atoms with Crippen molar-refractivity contribution in [3.8, 4) is 0 Å². The topological polar surface area (TPSA) is 80.1 Å². The van der Waals surface area contributed by atoms with Gasteiger partial charge >= 0.3 is 0 Å². The summed E-state index contributed by atoms with van der Waals surface area (Å²) >= 11 is 0. The van der Waals surface area contributed by atoms with Crippen LogP contribution in [0, 0.1) is 5.41 Å². The van der Waals surface area contributed by atoms with Gasteiger partial charge in [-0.15, -0.1) is 0 Å². The zero-order valence-electron chi connectivity index (χ0n) is 23.7. The van der Waals surface area contributed by atoms with Gasteiger partial charge in [-0.3, -0.25) is 0 Å². The van der Waals surface area contributed by atoms with E-state index in [-0.39, 0.29) is 17.5 Å². The molecule has 0 bridgehead atoms. The second kappa shape index (κ2) is 11.5. The fourth-order valence-electron chi connectivity index (χ4n) is 4.93. The quantitative estimate of drug-likeness (QED) is 0.246. The monoisotopic (exact) mass is 545 g/mol. The lowest BCUT2D eigenvalue weighted by Crippen LogP contribution is -2.25. The van der Waals surface area contributed by atoms with E-state index in [4.69, 9.17) is 24.4 Å². The molecule has 0 fully saturated rings. The van der Waals surface area contributed by atoms with E-state index in [9.17, 15) is 0 Å². The number of hydrogen-bond acceptors (Lipinski definition) is 7. The molecule has 4 aromatic rings. The van der Waals surface area contributed by atoms with Gasteiger partial charge in [-0.25, -0.2) is 15.0 Å². The number of ether oxygens (including phenoxy) is 2. The van der Waals surface area contributed by atoms with Crippen molar-refractivity contribution in [2.45, 2.75) is 39.3 Å². The van der Waals surface area contributed by atoms with Gasteiger partial charge in [0.15, 0.2) is 0 Å². The molecular formula is C34H35N5O2. The second-order valence-electron chi connectivity index (χ2n) is 11.5. The first-order valence-electron chi connectivity index (χ1n) is 14.1. The third-order valence-electron chi connectivity index (χ3n) is 7.27. The van der Waals surface area contributed by atoms with Crippen LogP contribution in [0.5, 0.6) is 0 Å². The summed E-state index contributed by atoms with van der Waals surface area (Å²) in [6, 6.07) is 32.6. The Bertz CT molecular complexity index is 1580. The Morgan fingerprint density at radius 2 is 1.22 bits per heavy atom. The van der Waals surface area contributed by atoms with E-state index in [1.54, 1.807) is 0 Å². The molecule has 41 heavy (non-hydrogen) atoms. The average molecular weight is 546 g/mol. The minimum Gasteiger partial charge on any atom is -0.475 e. The minimum atomic E-state index is 0.0415. The van der Waals surface area contributed by atoms with E-state index < -0.39 is 0 Å². The largest absolute Gasteiger partial charge is 0.475 e. The molecule has 0 amide bonds. The smallest absolute Gasteiger partial charge is 0.218 e. The van der Waals surface area contributed by atoms with E-state index in [0.29, 0.717) is 36.6 Å². The van der Waals surface area contributed by atoms with Gasteiger partial charge in [-0.2, -0.15) is 0 Å². The Hall–Kier alpha value is -4.65. The maximum absolute atomic E-state index is 6.05. The van der Waals surface area contributed by atoms with Gasteiger partial charge in [0.05, 0.1) is 34.6 Å². The summed E-state index contributed by atoms with van der Waals surface area (Å²) in [5.74, 6) is 2.74. The molecule has 2 atom stereocenters. The van der Waals surface area contributed by atoms with Gasteiger partial charge in [-0.1, -0.05) is 81.4 Å². The van der Waals surface area contributed by atoms with Gasteiger partial charge in [0.25, 0.3) is 0 Å². The first-order chi connectivity index (χ1) is 19.9. The Morgan fingerprint density at radius 1 is 0.659 bits per heavy atom. The van der Waals surface area contributed by atoms with Crippen molar-refractivity contribution in [2.24, 2.45) is 15.4 Å². The van der Waals surface area contributed by atoms with Crippen LogP contribution in [-0.4, -0.2) is 42.1 Å². The highest BCUT2D eigenvalue weighted by atomic mass is 16.5. The fourth-order valence-corrected chi connectivity index (χ4v) is 4.93. The molecule has 3 aromatic carbocycles. The number of benzene rings is 3. The summed E-state index contributed by atoms with van der Waals surface area (Å²) in [7, 11) is 0. The standard InChI is InChI=1S/C34H35N5O2/c1-34(2,3)29-22-41-33(38-29)26-15-8-10-17-28(26)37-31-19-11-18-30(39-31)36-27-16-9-7-14-25(27)32-35-24(21-40-32)20-23-12-5-4-6-13-23/h4-19,24,29H,20-22H2,1-3H3,(H2,36,37,39)/t24-,29+/m0/s1. The lowest BCUT2D eigenvalue weighted by Gasteiger charge is -2.21. The highest BCUT2D eigenvalue weighted by Gasteiger charge is 2.31. The third kappa shape index (κ3) is 6.24. The number of hydrogen-bond donors (Lipinski definition) is 2. The predicted octanol–water partition coefficient (Wildman–Crippen LogP) is 7.15. The number of aromatic nitrogens is 1. The van der Waals surface area contributed by atoms with Crippen molar-refractivity contribution in [1.82, 2.24) is 4.98 Å². The van der Waals surface area contributed by atoms with Gasteiger partial charge in [0.1, 0.15) is 24.8 Å². The molecule has 7 heteroatoms. The van der Waals surface area contributed by atoms with Crippen LogP contribution in [0.25, 0.3) is 0 Å². The van der Waals surface area contributed by atoms with E-state index in [1.165, 1.54) is 5.56 Å². The van der Waals surface area contributed by atoms with Crippen molar-refractivity contribution >= 4 is 34.8 Å². The zero-order chi connectivity index (χ0) is 28.2. The van der Waals surface area contributed by atoms with Crippen LogP contribution < -0.4 is 10.6 Å². The molecule has 1 aromatic heterocycles. The Kier molecular flexibility index (Phi) is 7.42. The number of pyridine rings is 1. The molecule has 0 spiro atoms. The maximum Gasteiger partial charge on any atom is 0.218 e. The molecular weight excluding hydrogens is 510 g/mol. The number of nitrogens with zero attached hydrogens (tertiary/aromatic N) is 3. The molecule has 0 saturated heterocycles. The molecule has 208 valence electrons. The normalized spacial score (nSPS) is 18.2. The van der Waals surface area contributed by atoms with E-state index in [1.807, 2.05) is 72.8 Å². The van der Waals surface area contributed by atoms with E-state index in [0.717, 1.165) is 28.9 Å². The van der Waals surface area contributed by atoms with Crippen molar-refractivity contribution in [2.75, 3.05) is 23.8 Å². The summed E-state index contributed by atoms with van der Waals surface area (Å²) < 4.78 is 12.1. The Labute approximate surface area is 241 Å². The molecule has 0 saturated carbocycles. The first-order valence-corrected chi connectivity index (χ1v) is 14.1. The highest BCUT2D eigenvalue weighted by molar-refractivity contribution is 6.02. The zero-order valence-corrected chi connectivity index (χ0v) is 23.7. The summed E-state index contributed by atoms with van der Waals surface area (Å²) in [5.41, 5.74) is 4.92. The first kappa shape index (κ1) is 26.6. The van der Waals surface area contributed by atoms with Gasteiger partial charge in [-0.05, 0) is 53.8 Å². The number of aliphatic imine (C=N–C) groups is 2. The Balaban J connectivity index is 1.19. The van der Waals surface area contributed by atoms with Crippen LogP contribution in [0.2, 0.25) is 0 Å². The number of anilines is 4. The van der Waals surface area contributed by atoms with Crippen molar-refractivity contribution < 1.29 is 9.47 Å². The lowest BCUT2D eigenvalue weighted by atomic mass is 9.88. The van der Waals surface area contributed by atoms with Crippen molar-refractivity contribution in [3.05, 3.63) is 114 Å². The van der Waals surface area contributed by atoms with Crippen LogP contribution in [0.4, 0.5) is 23.0 Å². The number of nitrogens with one attached hydrogen (secondary N) is 2. The van der Waals surface area contributed by atoms with E-state index in [2.05, 4.69) is 55.7 Å². The van der Waals surface area contributed by atoms with Gasteiger partial charge in [0, 0.05) is 0 Å². The van der Waals surface area contributed by atoms with Crippen LogP contribution >= 0.6 is 0 Å². The lowest BCUT2D eigenvalue weighted by molar-refractivity contribution is 0.236. The predicted molar refractivity (Wildman–Crippen MR) is 166 cm³/mol. The Morgan fingerprint density at radius 3 is 1.83 bits per heavy atom. The van der Waals surface area contributed by atoms with Crippen LogP contribution in [0.3, 0.4) is 0 Å². The summed E-state index contributed by atoms with van der Waals surface area (Å²) in [6.07, 6.45) is 0.852.